The van der Waals surface area contributed by atoms with Gasteiger partial charge in [0.25, 0.3) is 0 Å². The fourth-order valence-corrected chi connectivity index (χ4v) is 3.64. The van der Waals surface area contributed by atoms with E-state index in [4.69, 9.17) is 4.74 Å². The largest absolute Gasteiger partial charge is 0.481 e. The number of carboxylic acids is 1. The second-order valence-electron chi connectivity index (χ2n) is 6.20. The molecule has 1 N–H and O–H groups in total. The van der Waals surface area contributed by atoms with Crippen LogP contribution >= 0.6 is 0 Å². The van der Waals surface area contributed by atoms with Crippen LogP contribution in [0.1, 0.15) is 32.1 Å². The number of nitrogens with zero attached hydrogens (tertiary/aromatic N) is 1. The summed E-state index contributed by atoms with van der Waals surface area (Å²) in [6, 6.07) is 0. The Morgan fingerprint density at radius 3 is 2.29 bits per heavy atom. The lowest BCUT2D eigenvalue weighted by Crippen LogP contribution is -2.62. The summed E-state index contributed by atoms with van der Waals surface area (Å²) >= 11 is 0. The van der Waals surface area contributed by atoms with E-state index in [-0.39, 0.29) is 0 Å². The van der Waals surface area contributed by atoms with Crippen LogP contribution in [0.15, 0.2) is 0 Å². The smallest absolute Gasteiger partial charge is 0.311 e. The maximum atomic E-state index is 11.5. The first kappa shape index (κ1) is 11.5. The Bertz CT molecular complexity index is 311. The highest BCUT2D eigenvalue weighted by molar-refractivity contribution is 5.75. The minimum Gasteiger partial charge on any atom is -0.481 e. The molecule has 4 nitrogen and oxygen atoms in total. The zero-order chi connectivity index (χ0) is 11.9. The first-order valence-corrected chi connectivity index (χ1v) is 6.68. The first-order valence-electron chi connectivity index (χ1n) is 6.68. The summed E-state index contributed by atoms with van der Waals surface area (Å²) in [5, 5.41) is 9.48. The monoisotopic (exact) mass is 239 g/mol. The molecule has 2 aliphatic heterocycles. The molecule has 4 heteroatoms. The normalized spacial score (nSPS) is 30.6. The van der Waals surface area contributed by atoms with E-state index in [2.05, 4.69) is 4.90 Å². The van der Waals surface area contributed by atoms with Gasteiger partial charge in [-0.05, 0) is 31.1 Å². The second-order valence-corrected chi connectivity index (χ2v) is 6.20. The third-order valence-electron chi connectivity index (χ3n) is 4.96. The van der Waals surface area contributed by atoms with Crippen LogP contribution in [0.2, 0.25) is 0 Å². The van der Waals surface area contributed by atoms with E-state index in [1.165, 1.54) is 19.3 Å². The molecule has 0 amide bonds. The van der Waals surface area contributed by atoms with E-state index in [0.29, 0.717) is 31.5 Å². The molecule has 1 aliphatic carbocycles. The van der Waals surface area contributed by atoms with Crippen molar-refractivity contribution in [1.82, 2.24) is 4.90 Å². The summed E-state index contributed by atoms with van der Waals surface area (Å²) in [4.78, 5) is 13.9. The van der Waals surface area contributed by atoms with Crippen LogP contribution in [0.3, 0.4) is 0 Å². The van der Waals surface area contributed by atoms with E-state index >= 15 is 0 Å². The molecule has 0 atom stereocenters. The first-order chi connectivity index (χ1) is 8.14. The van der Waals surface area contributed by atoms with Gasteiger partial charge in [-0.2, -0.15) is 0 Å². The van der Waals surface area contributed by atoms with Gasteiger partial charge in [0, 0.05) is 32.8 Å². The molecule has 2 saturated heterocycles. The van der Waals surface area contributed by atoms with Crippen molar-refractivity contribution in [3.63, 3.8) is 0 Å². The number of ether oxygens (including phenoxy) is 1. The maximum absolute atomic E-state index is 11.5. The predicted octanol–water partition coefficient (Wildman–Crippen LogP) is 1.35. The Balaban J connectivity index is 1.59. The molecule has 0 aromatic rings. The van der Waals surface area contributed by atoms with E-state index < -0.39 is 11.4 Å². The quantitative estimate of drug-likeness (QED) is 0.807. The fourth-order valence-electron chi connectivity index (χ4n) is 3.64. The van der Waals surface area contributed by atoms with Gasteiger partial charge >= 0.3 is 5.97 Å². The van der Waals surface area contributed by atoms with Crippen LogP contribution in [0.4, 0.5) is 0 Å². The number of aliphatic carboxylic acids is 1. The van der Waals surface area contributed by atoms with E-state index in [9.17, 15) is 9.90 Å². The number of rotatable bonds is 3. The molecule has 1 spiro atoms. The van der Waals surface area contributed by atoms with Gasteiger partial charge in [0.05, 0.1) is 5.41 Å². The Hall–Kier alpha value is -0.610. The van der Waals surface area contributed by atoms with Gasteiger partial charge < -0.3 is 14.7 Å². The molecule has 1 saturated carbocycles. The molecule has 96 valence electrons. The molecule has 3 rings (SSSR count). The SMILES string of the molecule is O=C(O)C1(CN2CC3(CCC3)C2)CCOCC1. The highest BCUT2D eigenvalue weighted by Crippen LogP contribution is 2.49. The van der Waals surface area contributed by atoms with Crippen molar-refractivity contribution in [2.45, 2.75) is 32.1 Å². The van der Waals surface area contributed by atoms with Crippen molar-refractivity contribution in [2.24, 2.45) is 10.8 Å². The van der Waals surface area contributed by atoms with Gasteiger partial charge in [-0.15, -0.1) is 0 Å². The number of hydrogen-bond donors (Lipinski definition) is 1. The van der Waals surface area contributed by atoms with Gasteiger partial charge in [-0.25, -0.2) is 0 Å². The van der Waals surface area contributed by atoms with Crippen molar-refractivity contribution in [3.8, 4) is 0 Å². The van der Waals surface area contributed by atoms with Gasteiger partial charge in [0.15, 0.2) is 0 Å². The van der Waals surface area contributed by atoms with Crippen LogP contribution in [0.5, 0.6) is 0 Å². The van der Waals surface area contributed by atoms with Crippen molar-refractivity contribution < 1.29 is 14.6 Å². The lowest BCUT2D eigenvalue weighted by atomic mass is 9.63. The summed E-state index contributed by atoms with van der Waals surface area (Å²) in [6.45, 7) is 4.19. The minimum absolute atomic E-state index is 0.538. The highest BCUT2D eigenvalue weighted by Gasteiger charge is 2.51. The molecule has 2 heterocycles. The van der Waals surface area contributed by atoms with Gasteiger partial charge in [-0.1, -0.05) is 6.42 Å². The van der Waals surface area contributed by atoms with Crippen molar-refractivity contribution >= 4 is 5.97 Å². The molecule has 0 aromatic carbocycles. The molecular weight excluding hydrogens is 218 g/mol. The van der Waals surface area contributed by atoms with Crippen LogP contribution < -0.4 is 0 Å². The Kier molecular flexibility index (Phi) is 2.67. The zero-order valence-corrected chi connectivity index (χ0v) is 10.3. The average Bonchev–Trinajstić information content (AvgIpc) is 2.21. The van der Waals surface area contributed by atoms with Crippen LogP contribution in [-0.2, 0) is 9.53 Å². The molecular formula is C13H21NO3. The lowest BCUT2D eigenvalue weighted by Gasteiger charge is -2.57. The fraction of sp³-hybridized carbons (Fsp3) is 0.923. The Labute approximate surface area is 102 Å². The molecule has 0 aromatic heterocycles. The summed E-state index contributed by atoms with van der Waals surface area (Å²) in [5.41, 5.74) is 0.0501. The Morgan fingerprint density at radius 1 is 1.18 bits per heavy atom. The lowest BCUT2D eigenvalue weighted by molar-refractivity contribution is -0.162. The number of hydrogen-bond acceptors (Lipinski definition) is 3. The summed E-state index contributed by atoms with van der Waals surface area (Å²) in [5.74, 6) is -0.629. The second kappa shape index (κ2) is 3.95. The maximum Gasteiger partial charge on any atom is 0.311 e. The number of likely N-dealkylation sites (tertiary alicyclic amines) is 1. The average molecular weight is 239 g/mol. The van der Waals surface area contributed by atoms with Crippen molar-refractivity contribution in [2.75, 3.05) is 32.8 Å². The molecule has 3 aliphatic rings. The van der Waals surface area contributed by atoms with E-state index in [1.807, 2.05) is 0 Å². The molecule has 3 fully saturated rings. The van der Waals surface area contributed by atoms with Crippen molar-refractivity contribution in [3.05, 3.63) is 0 Å². The summed E-state index contributed by atoms with van der Waals surface area (Å²) in [7, 11) is 0. The van der Waals surface area contributed by atoms with Crippen LogP contribution in [0.25, 0.3) is 0 Å². The van der Waals surface area contributed by atoms with Crippen molar-refractivity contribution in [1.29, 1.82) is 0 Å². The molecule has 0 unspecified atom stereocenters. The topological polar surface area (TPSA) is 49.8 Å². The number of carbonyl (C=O) groups is 1. The standard InChI is InChI=1S/C13H21NO3/c15-11(16)13(4-6-17-7-5-13)10-14-8-12(9-14)2-1-3-12/h1-10H2,(H,15,16). The molecule has 0 bridgehead atoms. The van der Waals surface area contributed by atoms with Crippen LogP contribution in [0, 0.1) is 10.8 Å². The Morgan fingerprint density at radius 2 is 1.82 bits per heavy atom. The zero-order valence-electron chi connectivity index (χ0n) is 10.3. The van der Waals surface area contributed by atoms with E-state index in [0.717, 1.165) is 19.6 Å². The van der Waals surface area contributed by atoms with Crippen LogP contribution in [-0.4, -0.2) is 48.8 Å². The van der Waals surface area contributed by atoms with Gasteiger partial charge in [0.1, 0.15) is 0 Å². The summed E-state index contributed by atoms with van der Waals surface area (Å²) < 4.78 is 5.30. The third kappa shape index (κ3) is 1.87. The van der Waals surface area contributed by atoms with E-state index in [1.54, 1.807) is 0 Å². The summed E-state index contributed by atoms with van der Waals surface area (Å²) in [6.07, 6.45) is 5.42. The molecule has 17 heavy (non-hydrogen) atoms. The van der Waals surface area contributed by atoms with Gasteiger partial charge in [0.2, 0.25) is 0 Å². The number of carboxylic acid groups (broad SMARTS) is 1. The predicted molar refractivity (Wildman–Crippen MR) is 62.8 cm³/mol. The third-order valence-corrected chi connectivity index (χ3v) is 4.96. The molecule has 0 radical (unpaired) electrons. The minimum atomic E-state index is -0.629. The van der Waals surface area contributed by atoms with Gasteiger partial charge in [-0.3, -0.25) is 4.79 Å². The highest BCUT2D eigenvalue weighted by atomic mass is 16.5.